The fourth-order valence-electron chi connectivity index (χ4n) is 3.10. The van der Waals surface area contributed by atoms with Gasteiger partial charge in [0, 0.05) is 24.9 Å². The number of benzene rings is 2. The molecule has 33 heavy (non-hydrogen) atoms. The van der Waals surface area contributed by atoms with Crippen molar-refractivity contribution in [1.29, 1.82) is 0 Å². The number of nitrogens with one attached hydrogen (secondary N) is 1. The Hall–Kier alpha value is -3.69. The molecule has 9 nitrogen and oxygen atoms in total. The highest BCUT2D eigenvalue weighted by Crippen LogP contribution is 2.12. The van der Waals surface area contributed by atoms with Crippen molar-refractivity contribution in [2.24, 2.45) is 0 Å². The van der Waals surface area contributed by atoms with Gasteiger partial charge in [-0.05, 0) is 35.9 Å². The number of esters is 1. The molecule has 0 aliphatic rings. The van der Waals surface area contributed by atoms with Gasteiger partial charge >= 0.3 is 11.7 Å². The van der Waals surface area contributed by atoms with Crippen LogP contribution in [0.2, 0.25) is 5.02 Å². The number of halogens is 1. The third-order valence-corrected chi connectivity index (χ3v) is 5.07. The molecule has 0 bridgehead atoms. The molecule has 0 atom stereocenters. The number of carbonyl (C=O) groups is 2. The number of rotatable bonds is 8. The Morgan fingerprint density at radius 1 is 1.06 bits per heavy atom. The minimum atomic E-state index is -0.769. The Morgan fingerprint density at radius 2 is 1.79 bits per heavy atom. The SMILES string of the molecule is COCCn1cc(C(=O)NCc2ccc(C(=O)OC)cc2)c(=O)n(-c2cccc(Cl)c2)c1=O. The predicted octanol–water partition coefficient (Wildman–Crippen LogP) is 2.02. The molecule has 0 fully saturated rings. The van der Waals surface area contributed by atoms with Crippen LogP contribution in [0.5, 0.6) is 0 Å². The molecule has 0 radical (unpaired) electrons. The van der Waals surface area contributed by atoms with Gasteiger partial charge in [0.15, 0.2) is 0 Å². The predicted molar refractivity (Wildman–Crippen MR) is 122 cm³/mol. The van der Waals surface area contributed by atoms with Gasteiger partial charge in [-0.1, -0.05) is 29.8 Å². The lowest BCUT2D eigenvalue weighted by Crippen LogP contribution is -2.43. The molecule has 0 saturated carbocycles. The summed E-state index contributed by atoms with van der Waals surface area (Å²) in [7, 11) is 2.77. The summed E-state index contributed by atoms with van der Waals surface area (Å²) in [4.78, 5) is 50.4. The van der Waals surface area contributed by atoms with Gasteiger partial charge in [0.05, 0.1) is 31.5 Å². The second-order valence-electron chi connectivity index (χ2n) is 7.00. The Morgan fingerprint density at radius 3 is 2.42 bits per heavy atom. The topological polar surface area (TPSA) is 109 Å². The van der Waals surface area contributed by atoms with E-state index in [2.05, 4.69) is 10.1 Å². The maximum Gasteiger partial charge on any atom is 0.337 e. The molecular weight excluding hydrogens is 450 g/mol. The molecule has 1 aromatic heterocycles. The van der Waals surface area contributed by atoms with Crippen LogP contribution in [0.15, 0.2) is 64.3 Å². The third-order valence-electron chi connectivity index (χ3n) is 4.83. The summed E-state index contributed by atoms with van der Waals surface area (Å²) in [5, 5.41) is 3.01. The Balaban J connectivity index is 1.93. The van der Waals surface area contributed by atoms with Gasteiger partial charge in [-0.3, -0.25) is 14.2 Å². The van der Waals surface area contributed by atoms with E-state index >= 15 is 0 Å². The summed E-state index contributed by atoms with van der Waals surface area (Å²) < 4.78 is 11.8. The zero-order valence-corrected chi connectivity index (χ0v) is 18.8. The zero-order chi connectivity index (χ0) is 24.0. The maximum absolute atomic E-state index is 13.1. The second-order valence-corrected chi connectivity index (χ2v) is 7.44. The Kier molecular flexibility index (Phi) is 7.81. The molecule has 0 saturated heterocycles. The molecule has 0 spiro atoms. The van der Waals surface area contributed by atoms with Crippen molar-refractivity contribution >= 4 is 23.5 Å². The summed E-state index contributed by atoms with van der Waals surface area (Å²) in [6.45, 7) is 0.459. The lowest BCUT2D eigenvalue weighted by molar-refractivity contribution is 0.0600. The summed E-state index contributed by atoms with van der Waals surface area (Å²) in [6, 6.07) is 12.7. The van der Waals surface area contributed by atoms with E-state index in [1.807, 2.05) is 0 Å². The van der Waals surface area contributed by atoms with Crippen LogP contribution in [-0.2, 0) is 22.6 Å². The van der Waals surface area contributed by atoms with Gasteiger partial charge in [-0.25, -0.2) is 14.2 Å². The van der Waals surface area contributed by atoms with E-state index in [1.54, 1.807) is 42.5 Å². The number of hydrogen-bond donors (Lipinski definition) is 1. The molecule has 1 heterocycles. The highest BCUT2D eigenvalue weighted by Gasteiger charge is 2.19. The van der Waals surface area contributed by atoms with Crippen LogP contribution >= 0.6 is 11.6 Å². The third kappa shape index (κ3) is 5.57. The van der Waals surface area contributed by atoms with E-state index in [9.17, 15) is 19.2 Å². The number of amides is 1. The number of carbonyl (C=O) groups excluding carboxylic acids is 2. The fraction of sp³-hybridized carbons (Fsp3) is 0.217. The average molecular weight is 472 g/mol. The molecule has 10 heteroatoms. The highest BCUT2D eigenvalue weighted by atomic mass is 35.5. The number of ether oxygens (including phenoxy) is 2. The summed E-state index contributed by atoms with van der Waals surface area (Å²) in [6.07, 6.45) is 1.22. The number of aromatic nitrogens is 2. The molecule has 3 rings (SSSR count). The van der Waals surface area contributed by atoms with Crippen LogP contribution < -0.4 is 16.6 Å². The van der Waals surface area contributed by atoms with Crippen molar-refractivity contribution in [2.45, 2.75) is 13.1 Å². The van der Waals surface area contributed by atoms with Gasteiger partial charge in [-0.15, -0.1) is 0 Å². The molecule has 2 aromatic carbocycles. The minimum absolute atomic E-state index is 0.105. The monoisotopic (exact) mass is 471 g/mol. The second kappa shape index (κ2) is 10.8. The first kappa shape index (κ1) is 24.0. The van der Waals surface area contributed by atoms with E-state index < -0.39 is 23.1 Å². The smallest absolute Gasteiger partial charge is 0.337 e. The van der Waals surface area contributed by atoms with E-state index in [0.29, 0.717) is 16.1 Å². The van der Waals surface area contributed by atoms with Gasteiger partial charge in [0.1, 0.15) is 5.56 Å². The minimum Gasteiger partial charge on any atom is -0.465 e. The van der Waals surface area contributed by atoms with Gasteiger partial charge in [0.25, 0.3) is 11.5 Å². The molecule has 3 aromatic rings. The van der Waals surface area contributed by atoms with Crippen LogP contribution in [0.1, 0.15) is 26.3 Å². The summed E-state index contributed by atoms with van der Waals surface area (Å²) in [5.41, 5.74) is -0.265. The molecular formula is C23H22ClN3O6. The molecule has 1 amide bonds. The quantitative estimate of drug-likeness (QED) is 0.503. The number of nitrogens with zero attached hydrogens (tertiary/aromatic N) is 2. The van der Waals surface area contributed by atoms with Gasteiger partial charge in [0.2, 0.25) is 0 Å². The maximum atomic E-state index is 13.1. The highest BCUT2D eigenvalue weighted by molar-refractivity contribution is 6.30. The first-order chi connectivity index (χ1) is 15.8. The first-order valence-corrected chi connectivity index (χ1v) is 10.3. The van der Waals surface area contributed by atoms with Crippen LogP contribution in [0.3, 0.4) is 0 Å². The standard InChI is InChI=1S/C23H22ClN3O6/c1-32-11-10-26-14-19(21(29)27(23(26)31)18-5-3-4-17(24)12-18)20(28)25-13-15-6-8-16(9-7-15)22(30)33-2/h3-9,12,14H,10-11,13H2,1-2H3,(H,25,28). The van der Waals surface area contributed by atoms with E-state index in [1.165, 1.54) is 31.0 Å². The van der Waals surface area contributed by atoms with Gasteiger partial charge < -0.3 is 14.8 Å². The van der Waals surface area contributed by atoms with Gasteiger partial charge in [-0.2, -0.15) is 0 Å². The fourth-order valence-corrected chi connectivity index (χ4v) is 3.29. The molecule has 1 N–H and O–H groups in total. The molecule has 172 valence electrons. The lowest BCUT2D eigenvalue weighted by atomic mass is 10.1. The van der Waals surface area contributed by atoms with Crippen molar-refractivity contribution in [3.63, 3.8) is 0 Å². The van der Waals surface area contributed by atoms with Crippen molar-refractivity contribution in [1.82, 2.24) is 14.5 Å². The van der Waals surface area contributed by atoms with Crippen molar-refractivity contribution in [3.05, 3.63) is 97.3 Å². The van der Waals surface area contributed by atoms with Crippen molar-refractivity contribution in [3.8, 4) is 5.69 Å². The van der Waals surface area contributed by atoms with Crippen molar-refractivity contribution < 1.29 is 19.1 Å². The molecule has 0 aliphatic carbocycles. The normalized spacial score (nSPS) is 10.6. The molecule has 0 unspecified atom stereocenters. The number of methoxy groups -OCH3 is 2. The average Bonchev–Trinajstić information content (AvgIpc) is 2.82. The largest absolute Gasteiger partial charge is 0.465 e. The van der Waals surface area contributed by atoms with E-state index in [0.717, 1.165) is 4.57 Å². The summed E-state index contributed by atoms with van der Waals surface area (Å²) in [5.74, 6) is -1.12. The van der Waals surface area contributed by atoms with Crippen LogP contribution in [0, 0.1) is 0 Å². The lowest BCUT2D eigenvalue weighted by Gasteiger charge is -2.13. The van der Waals surface area contributed by atoms with Crippen LogP contribution in [0.4, 0.5) is 0 Å². The number of hydrogen-bond acceptors (Lipinski definition) is 6. The van der Waals surface area contributed by atoms with Crippen LogP contribution in [0.25, 0.3) is 5.69 Å². The van der Waals surface area contributed by atoms with E-state index in [-0.39, 0.29) is 30.9 Å². The molecule has 0 aliphatic heterocycles. The van der Waals surface area contributed by atoms with E-state index in [4.69, 9.17) is 16.3 Å². The van der Waals surface area contributed by atoms with Crippen LogP contribution in [-0.4, -0.2) is 41.8 Å². The first-order valence-electron chi connectivity index (χ1n) is 9.92. The Labute approximate surface area is 194 Å². The van der Waals surface area contributed by atoms with Crippen molar-refractivity contribution in [2.75, 3.05) is 20.8 Å². The zero-order valence-electron chi connectivity index (χ0n) is 18.0. The summed E-state index contributed by atoms with van der Waals surface area (Å²) >= 11 is 6.03. The Bertz CT molecular complexity index is 1280.